The number of halogens is 1. The zero-order chi connectivity index (χ0) is 31.5. The van der Waals surface area contributed by atoms with Gasteiger partial charge in [0.15, 0.2) is 0 Å². The minimum atomic E-state index is -3.29. The zero-order valence-corrected chi connectivity index (χ0v) is 27.4. The third-order valence-corrected chi connectivity index (χ3v) is 19.1. The average molecular weight is 649 g/mol. The predicted octanol–water partition coefficient (Wildman–Crippen LogP) is 6.87. The van der Waals surface area contributed by atoms with Crippen molar-refractivity contribution in [1.82, 2.24) is 0 Å². The van der Waals surface area contributed by atoms with Crippen LogP contribution in [0.3, 0.4) is 0 Å². The van der Waals surface area contributed by atoms with Crippen LogP contribution < -0.4 is 31.8 Å². The van der Waals surface area contributed by atoms with Crippen molar-refractivity contribution >= 4 is 69.2 Å². The number of carboxylic acid groups (broad SMARTS) is 1. The van der Waals surface area contributed by atoms with E-state index in [1.807, 2.05) is 36.4 Å². The molecule has 0 heterocycles. The van der Waals surface area contributed by atoms with Gasteiger partial charge in [-0.2, -0.15) is 0 Å². The Morgan fingerprint density at radius 2 is 0.556 bits per heavy atom. The summed E-state index contributed by atoms with van der Waals surface area (Å²) in [6.07, 6.45) is 0. The Morgan fingerprint density at radius 3 is 0.689 bits per heavy atom. The van der Waals surface area contributed by atoms with Gasteiger partial charge in [0.25, 0.3) is 0 Å². The summed E-state index contributed by atoms with van der Waals surface area (Å²) >= 11 is 4.74. The van der Waals surface area contributed by atoms with Gasteiger partial charge in [-0.3, -0.25) is 4.79 Å². The fourth-order valence-electron chi connectivity index (χ4n) is 6.20. The maximum atomic E-state index is 16.4. The number of hydrogen-bond donors (Lipinski definition) is 1. The second-order valence-corrected chi connectivity index (χ2v) is 18.7. The molecule has 0 bridgehead atoms. The molecule has 6 rings (SSSR count). The van der Waals surface area contributed by atoms with Crippen LogP contribution in [0.4, 0.5) is 4.79 Å². The third-order valence-electron chi connectivity index (χ3n) is 8.04. The van der Waals surface area contributed by atoms with Crippen LogP contribution in [0.2, 0.25) is 0 Å². The molecule has 0 radical (unpaired) electrons. The van der Waals surface area contributed by atoms with Gasteiger partial charge in [0, 0.05) is 0 Å². The zero-order valence-electron chi connectivity index (χ0n) is 24.7. The SMILES string of the molecule is O=C(O)CCl.O=C([PH](c1ccccc1)(c1ccccc1)c1ccccc1)[PH](c1ccccc1)(c1ccccc1)c1ccccc1. The first kappa shape index (κ1) is 32.0. The standard InChI is InChI=1S/C37H32OP2.C2H3ClO2/c38-37(39(31-19-7-1-8-20-31,32-21-9-2-10-22-32)33-23-11-3-12-24-33)40(34-25-13-4-14-26-34,35-27-15-5-16-28-35)36-29-17-6-18-30-36;3-1-2(4)5/h1-30,39-40H;1H2,(H,4,5). The van der Waals surface area contributed by atoms with E-state index in [-0.39, 0.29) is 5.88 Å². The molecule has 0 aliphatic carbocycles. The minimum absolute atomic E-state index is 0.306. The van der Waals surface area contributed by atoms with Gasteiger partial charge in [0.2, 0.25) is 0 Å². The maximum absolute atomic E-state index is 16.4. The van der Waals surface area contributed by atoms with E-state index in [1.165, 1.54) is 0 Å². The first-order valence-corrected chi connectivity index (χ1v) is 19.3. The summed E-state index contributed by atoms with van der Waals surface area (Å²) in [7, 11) is -6.58. The van der Waals surface area contributed by atoms with E-state index in [4.69, 9.17) is 16.7 Å². The molecular weight excluding hydrogens is 614 g/mol. The van der Waals surface area contributed by atoms with Gasteiger partial charge in [-0.25, -0.2) is 0 Å². The van der Waals surface area contributed by atoms with E-state index in [0.29, 0.717) is 5.27 Å². The second-order valence-electron chi connectivity index (χ2n) is 10.6. The number of hydrogen-bond acceptors (Lipinski definition) is 2. The van der Waals surface area contributed by atoms with Crippen molar-refractivity contribution in [3.05, 3.63) is 182 Å². The number of aliphatic carboxylic acids is 1. The fourth-order valence-corrected chi connectivity index (χ4v) is 18.8. The molecular formula is C39H35ClO3P2. The van der Waals surface area contributed by atoms with Crippen LogP contribution in [-0.2, 0) is 4.79 Å². The van der Waals surface area contributed by atoms with Crippen molar-refractivity contribution in [3.8, 4) is 0 Å². The van der Waals surface area contributed by atoms with Crippen LogP contribution in [-0.4, -0.2) is 22.2 Å². The first-order chi connectivity index (χ1) is 22.1. The number of alkyl halides is 1. The fraction of sp³-hybridized carbons (Fsp3) is 0.0256. The summed E-state index contributed by atoms with van der Waals surface area (Å²) in [5, 5.41) is 14.6. The van der Waals surface area contributed by atoms with Crippen molar-refractivity contribution in [2.24, 2.45) is 0 Å². The van der Waals surface area contributed by atoms with Crippen molar-refractivity contribution in [3.63, 3.8) is 0 Å². The molecule has 0 amide bonds. The summed E-state index contributed by atoms with van der Waals surface area (Å²) in [5.41, 5.74) is 0. The van der Waals surface area contributed by atoms with E-state index in [2.05, 4.69) is 146 Å². The second kappa shape index (κ2) is 15.1. The quantitative estimate of drug-likeness (QED) is 0.138. The van der Waals surface area contributed by atoms with Crippen molar-refractivity contribution in [2.75, 3.05) is 5.88 Å². The molecule has 6 aromatic carbocycles. The Labute approximate surface area is 270 Å². The van der Waals surface area contributed by atoms with Crippen LogP contribution in [0.5, 0.6) is 0 Å². The molecule has 3 nitrogen and oxygen atoms in total. The van der Waals surface area contributed by atoms with E-state index >= 15 is 4.79 Å². The normalized spacial score (nSPS) is 11.8. The van der Waals surface area contributed by atoms with Crippen LogP contribution >= 0.6 is 26.1 Å². The molecule has 0 fully saturated rings. The molecule has 0 atom stereocenters. The Hall–Kier alpha value is -4.39. The van der Waals surface area contributed by atoms with Gasteiger partial charge in [0.1, 0.15) is 5.88 Å². The van der Waals surface area contributed by atoms with Gasteiger partial charge in [0.05, 0.1) is 0 Å². The van der Waals surface area contributed by atoms with Crippen molar-refractivity contribution in [1.29, 1.82) is 0 Å². The van der Waals surface area contributed by atoms with Crippen LogP contribution in [0, 0.1) is 0 Å². The summed E-state index contributed by atoms with van der Waals surface area (Å²) < 4.78 is 0. The number of benzene rings is 6. The Balaban J connectivity index is 0.000000743. The molecule has 0 unspecified atom stereocenters. The van der Waals surface area contributed by atoms with Crippen molar-refractivity contribution < 1.29 is 14.7 Å². The van der Waals surface area contributed by atoms with E-state index in [1.54, 1.807) is 0 Å². The van der Waals surface area contributed by atoms with Gasteiger partial charge >= 0.3 is 244 Å². The molecule has 0 spiro atoms. The van der Waals surface area contributed by atoms with Gasteiger partial charge in [-0.15, -0.1) is 11.6 Å². The summed E-state index contributed by atoms with van der Waals surface area (Å²) in [4.78, 5) is 25.6. The average Bonchev–Trinajstić information content (AvgIpc) is 3.12. The predicted molar refractivity (Wildman–Crippen MR) is 197 cm³/mol. The first-order valence-electron chi connectivity index (χ1n) is 14.7. The van der Waals surface area contributed by atoms with Crippen molar-refractivity contribution in [2.45, 2.75) is 0 Å². The Kier molecular flexibility index (Phi) is 10.7. The number of carboxylic acids is 1. The molecule has 6 heteroatoms. The van der Waals surface area contributed by atoms with Crippen LogP contribution in [0.1, 0.15) is 0 Å². The summed E-state index contributed by atoms with van der Waals surface area (Å²) in [6, 6.07) is 63.2. The molecule has 0 aliphatic heterocycles. The van der Waals surface area contributed by atoms with Gasteiger partial charge in [-0.05, 0) is 0 Å². The molecule has 226 valence electrons. The number of rotatable bonds is 9. The van der Waals surface area contributed by atoms with E-state index in [0.717, 1.165) is 31.8 Å². The van der Waals surface area contributed by atoms with E-state index in [9.17, 15) is 4.79 Å². The molecule has 1 N–H and O–H groups in total. The van der Waals surface area contributed by atoms with Gasteiger partial charge in [-0.1, -0.05) is 0 Å². The molecule has 0 saturated heterocycles. The summed E-state index contributed by atoms with van der Waals surface area (Å²) in [5.74, 6) is -1.29. The molecule has 6 aromatic rings. The molecule has 45 heavy (non-hydrogen) atoms. The monoisotopic (exact) mass is 648 g/mol. The Morgan fingerprint density at radius 1 is 0.400 bits per heavy atom. The van der Waals surface area contributed by atoms with Crippen LogP contribution in [0.25, 0.3) is 0 Å². The topological polar surface area (TPSA) is 54.4 Å². The number of carbonyl (C=O) groups excluding carboxylic acids is 1. The van der Waals surface area contributed by atoms with Gasteiger partial charge < -0.3 is 5.11 Å². The summed E-state index contributed by atoms with van der Waals surface area (Å²) in [6.45, 7) is 0. The Bertz CT molecular complexity index is 1480. The molecule has 0 aromatic heterocycles. The third kappa shape index (κ3) is 6.39. The van der Waals surface area contributed by atoms with Crippen LogP contribution in [0.15, 0.2) is 182 Å². The number of carbonyl (C=O) groups is 2. The van der Waals surface area contributed by atoms with E-state index < -0.39 is 20.5 Å². The molecule has 0 saturated carbocycles. The molecule has 0 aliphatic rings.